The summed E-state index contributed by atoms with van der Waals surface area (Å²) < 4.78 is 38.2. The van der Waals surface area contributed by atoms with Crippen molar-refractivity contribution in [3.05, 3.63) is 54.1 Å². The minimum absolute atomic E-state index is 0.0480. The average molecular weight is 461 g/mol. The summed E-state index contributed by atoms with van der Waals surface area (Å²) in [4.78, 5) is 14.5. The maximum absolute atomic E-state index is 13.0. The van der Waals surface area contributed by atoms with Crippen LogP contribution in [0.5, 0.6) is 11.5 Å². The van der Waals surface area contributed by atoms with Gasteiger partial charge >= 0.3 is 0 Å². The number of hydrogen-bond donors (Lipinski definition) is 0. The number of ether oxygens (including phenoxy) is 2. The van der Waals surface area contributed by atoms with Crippen molar-refractivity contribution in [1.82, 2.24) is 9.21 Å². The van der Waals surface area contributed by atoms with E-state index in [2.05, 4.69) is 0 Å². The van der Waals surface area contributed by atoms with Gasteiger partial charge in [0, 0.05) is 25.7 Å². The molecule has 32 heavy (non-hydrogen) atoms. The molecule has 0 bridgehead atoms. The molecule has 1 aliphatic carbocycles. The molecule has 1 fully saturated rings. The molecular weight excluding hydrogens is 428 g/mol. The normalized spacial score (nSPS) is 14.9. The lowest BCUT2D eigenvalue weighted by Crippen LogP contribution is -2.38. The minimum Gasteiger partial charge on any atom is -0.497 e. The number of nitrogens with zero attached hydrogens (tertiary/aromatic N) is 2. The van der Waals surface area contributed by atoms with Gasteiger partial charge in [-0.2, -0.15) is 4.31 Å². The summed E-state index contributed by atoms with van der Waals surface area (Å²) in [6.45, 7) is 0.739. The molecule has 0 aliphatic heterocycles. The fourth-order valence-corrected chi connectivity index (χ4v) is 5.29. The second-order valence-corrected chi connectivity index (χ2v) is 10.1. The van der Waals surface area contributed by atoms with Gasteiger partial charge in [-0.25, -0.2) is 8.42 Å². The van der Waals surface area contributed by atoms with Crippen molar-refractivity contribution in [3.8, 4) is 11.5 Å². The molecule has 7 nitrogen and oxygen atoms in total. The topological polar surface area (TPSA) is 76.1 Å². The van der Waals surface area contributed by atoms with E-state index in [0.717, 1.165) is 31.4 Å². The van der Waals surface area contributed by atoms with E-state index in [0.29, 0.717) is 24.5 Å². The lowest BCUT2D eigenvalue weighted by molar-refractivity contribution is 0.0773. The van der Waals surface area contributed by atoms with Crippen molar-refractivity contribution < 1.29 is 22.7 Å². The molecule has 1 amide bonds. The van der Waals surface area contributed by atoms with Crippen molar-refractivity contribution in [2.45, 2.75) is 43.0 Å². The van der Waals surface area contributed by atoms with Gasteiger partial charge in [-0.15, -0.1) is 0 Å². The van der Waals surface area contributed by atoms with Gasteiger partial charge < -0.3 is 14.4 Å². The summed E-state index contributed by atoms with van der Waals surface area (Å²) in [5.41, 5.74) is 0.441. The Kier molecular flexibility index (Phi) is 8.15. The Morgan fingerprint density at radius 3 is 2.12 bits per heavy atom. The number of benzene rings is 2. The van der Waals surface area contributed by atoms with Gasteiger partial charge in [-0.3, -0.25) is 4.79 Å². The molecule has 2 aromatic rings. The lowest BCUT2D eigenvalue weighted by Gasteiger charge is -2.30. The second-order valence-electron chi connectivity index (χ2n) is 8.09. The summed E-state index contributed by atoms with van der Waals surface area (Å²) in [5, 5.41) is 0. The average Bonchev–Trinajstić information content (AvgIpc) is 2.84. The van der Waals surface area contributed by atoms with E-state index < -0.39 is 10.0 Å². The van der Waals surface area contributed by atoms with Crippen LogP contribution >= 0.6 is 0 Å². The summed E-state index contributed by atoms with van der Waals surface area (Å²) in [5.74, 6) is 1.26. The Balaban J connectivity index is 1.56. The first kappa shape index (κ1) is 24.1. The van der Waals surface area contributed by atoms with Gasteiger partial charge in [-0.05, 0) is 61.4 Å². The number of likely N-dealkylation sites (N-methyl/N-ethyl adjacent to an activating group) is 1. The van der Waals surface area contributed by atoms with Gasteiger partial charge in [0.15, 0.2) is 0 Å². The third-order valence-corrected chi connectivity index (χ3v) is 7.89. The number of carbonyl (C=O) groups excluding carboxylic acids is 1. The summed E-state index contributed by atoms with van der Waals surface area (Å²) in [6, 6.07) is 13.5. The Hall–Kier alpha value is -2.58. The van der Waals surface area contributed by atoms with Crippen molar-refractivity contribution in [3.63, 3.8) is 0 Å². The van der Waals surface area contributed by atoms with Crippen LogP contribution in [0.15, 0.2) is 53.4 Å². The van der Waals surface area contributed by atoms with Gasteiger partial charge in [-0.1, -0.05) is 19.3 Å². The maximum atomic E-state index is 13.0. The van der Waals surface area contributed by atoms with Crippen LogP contribution in [0.25, 0.3) is 0 Å². The molecule has 0 spiro atoms. The van der Waals surface area contributed by atoms with Crippen molar-refractivity contribution in [1.29, 1.82) is 0 Å². The zero-order valence-corrected chi connectivity index (χ0v) is 19.8. The smallest absolute Gasteiger partial charge is 0.253 e. The molecule has 174 valence electrons. The van der Waals surface area contributed by atoms with Crippen LogP contribution in [0.3, 0.4) is 0 Å². The molecule has 0 radical (unpaired) electrons. The zero-order valence-electron chi connectivity index (χ0n) is 19.0. The molecule has 3 rings (SSSR count). The van der Waals surface area contributed by atoms with E-state index in [4.69, 9.17) is 9.47 Å². The van der Waals surface area contributed by atoms with E-state index in [1.807, 2.05) is 24.3 Å². The quantitative estimate of drug-likeness (QED) is 0.569. The van der Waals surface area contributed by atoms with Crippen LogP contribution in [0, 0.1) is 0 Å². The summed E-state index contributed by atoms with van der Waals surface area (Å²) in [6.07, 6.45) is 5.09. The summed E-state index contributed by atoms with van der Waals surface area (Å²) in [7, 11) is 1.38. The minimum atomic E-state index is -3.57. The summed E-state index contributed by atoms with van der Waals surface area (Å²) >= 11 is 0. The first-order valence-corrected chi connectivity index (χ1v) is 12.4. The van der Waals surface area contributed by atoms with Crippen LogP contribution in [0.4, 0.5) is 0 Å². The van der Waals surface area contributed by atoms with Gasteiger partial charge in [0.1, 0.15) is 18.1 Å². The second kappa shape index (κ2) is 10.8. The number of hydrogen-bond acceptors (Lipinski definition) is 5. The molecule has 0 saturated heterocycles. The molecule has 0 unspecified atom stereocenters. The number of carbonyl (C=O) groups is 1. The third kappa shape index (κ3) is 5.81. The van der Waals surface area contributed by atoms with E-state index in [1.54, 1.807) is 38.2 Å². The Morgan fingerprint density at radius 1 is 0.938 bits per heavy atom. The predicted octanol–water partition coefficient (Wildman–Crippen LogP) is 3.80. The Morgan fingerprint density at radius 2 is 1.53 bits per heavy atom. The highest BCUT2D eigenvalue weighted by atomic mass is 32.2. The number of amides is 1. The van der Waals surface area contributed by atoms with Crippen molar-refractivity contribution >= 4 is 15.9 Å². The van der Waals surface area contributed by atoms with Crippen LogP contribution in [-0.2, 0) is 10.0 Å². The lowest BCUT2D eigenvalue weighted by atomic mass is 9.96. The highest BCUT2D eigenvalue weighted by Gasteiger charge is 2.29. The van der Waals surface area contributed by atoms with Crippen LogP contribution in [0.2, 0.25) is 0 Å². The molecule has 0 heterocycles. The predicted molar refractivity (Wildman–Crippen MR) is 124 cm³/mol. The molecule has 2 aromatic carbocycles. The molecule has 1 aliphatic rings. The maximum Gasteiger partial charge on any atom is 0.253 e. The Labute approximate surface area is 191 Å². The van der Waals surface area contributed by atoms with E-state index in [-0.39, 0.29) is 16.8 Å². The number of sulfonamides is 1. The first-order chi connectivity index (χ1) is 15.3. The monoisotopic (exact) mass is 460 g/mol. The molecular formula is C24H32N2O5S. The largest absolute Gasteiger partial charge is 0.497 e. The standard InChI is InChI=1S/C24H32N2O5S/c1-25(17-18-31-22-13-11-21(30-3)12-14-22)24(27)19-9-15-23(16-10-19)32(28,29)26(2)20-7-5-4-6-8-20/h9-16,20H,4-8,17-18H2,1-3H3. The van der Waals surface area contributed by atoms with E-state index >= 15 is 0 Å². The van der Waals surface area contributed by atoms with Crippen LogP contribution < -0.4 is 9.47 Å². The number of methoxy groups -OCH3 is 1. The number of rotatable bonds is 9. The zero-order chi connectivity index (χ0) is 23.1. The van der Waals surface area contributed by atoms with Gasteiger partial charge in [0.2, 0.25) is 10.0 Å². The van der Waals surface area contributed by atoms with Crippen LogP contribution in [0.1, 0.15) is 42.5 Å². The third-order valence-electron chi connectivity index (χ3n) is 5.97. The van der Waals surface area contributed by atoms with Gasteiger partial charge in [0.05, 0.1) is 18.6 Å². The molecule has 8 heteroatoms. The highest BCUT2D eigenvalue weighted by Crippen LogP contribution is 2.26. The fraction of sp³-hybridized carbons (Fsp3) is 0.458. The first-order valence-electron chi connectivity index (χ1n) is 10.9. The van der Waals surface area contributed by atoms with Crippen LogP contribution in [-0.4, -0.2) is 63.9 Å². The molecule has 0 atom stereocenters. The molecule has 1 saturated carbocycles. The van der Waals surface area contributed by atoms with E-state index in [1.165, 1.54) is 22.9 Å². The van der Waals surface area contributed by atoms with E-state index in [9.17, 15) is 13.2 Å². The van der Waals surface area contributed by atoms with Gasteiger partial charge in [0.25, 0.3) is 5.91 Å². The molecule has 0 aromatic heterocycles. The fourth-order valence-electron chi connectivity index (χ4n) is 3.87. The Bertz CT molecular complexity index is 984. The molecule has 0 N–H and O–H groups in total. The van der Waals surface area contributed by atoms with Crippen molar-refractivity contribution in [2.75, 3.05) is 34.4 Å². The van der Waals surface area contributed by atoms with Crippen molar-refractivity contribution in [2.24, 2.45) is 0 Å². The highest BCUT2D eigenvalue weighted by molar-refractivity contribution is 7.89. The SMILES string of the molecule is COc1ccc(OCCN(C)C(=O)c2ccc(S(=O)(=O)N(C)C3CCCCC3)cc2)cc1.